The van der Waals surface area contributed by atoms with Gasteiger partial charge in [-0.25, -0.2) is 9.59 Å². The average Bonchev–Trinajstić information content (AvgIpc) is 3.17. The number of thioether (sulfide) groups is 1. The fourth-order valence-electron chi connectivity index (χ4n) is 4.39. The van der Waals surface area contributed by atoms with Gasteiger partial charge in [-0.15, -0.1) is 11.8 Å². The van der Waals surface area contributed by atoms with Crippen LogP contribution in [0.4, 0.5) is 4.79 Å². The molecule has 2 aromatic carbocycles. The van der Waals surface area contributed by atoms with Gasteiger partial charge in [-0.2, -0.15) is 0 Å². The Labute approximate surface area is 235 Å². The van der Waals surface area contributed by atoms with E-state index < -0.39 is 28.9 Å². The molecule has 39 heavy (non-hydrogen) atoms. The summed E-state index contributed by atoms with van der Waals surface area (Å²) in [6, 6.07) is 19.4. The predicted molar refractivity (Wildman–Crippen MR) is 153 cm³/mol. The zero-order chi connectivity index (χ0) is 28.4. The minimum Gasteiger partial charge on any atom is -0.480 e. The van der Waals surface area contributed by atoms with Crippen LogP contribution in [0.25, 0.3) is 0 Å². The van der Waals surface area contributed by atoms with Crippen LogP contribution >= 0.6 is 11.8 Å². The molecule has 2 amide bonds. The molecule has 2 aliphatic heterocycles. The zero-order valence-corrected chi connectivity index (χ0v) is 23.9. The van der Waals surface area contributed by atoms with Crippen molar-refractivity contribution in [3.8, 4) is 0 Å². The molecule has 0 radical (unpaired) electrons. The van der Waals surface area contributed by atoms with Gasteiger partial charge in [0.05, 0.1) is 6.61 Å². The van der Waals surface area contributed by atoms with Crippen molar-refractivity contribution < 1.29 is 24.2 Å². The number of nitrogens with zero attached hydrogens (tertiary/aromatic N) is 1. The number of amides is 2. The molecular weight excluding hydrogens is 516 g/mol. The molecule has 3 unspecified atom stereocenters. The summed E-state index contributed by atoms with van der Waals surface area (Å²) in [5.74, 6) is -1.18. The molecule has 2 heterocycles. The molecule has 9 nitrogen and oxygen atoms in total. The van der Waals surface area contributed by atoms with Gasteiger partial charge in [-0.05, 0) is 30.9 Å². The van der Waals surface area contributed by atoms with Crippen LogP contribution in [0.3, 0.4) is 0 Å². The maximum absolute atomic E-state index is 12.1. The number of β-lactam (4-membered cyclic amide) rings is 1. The Morgan fingerprint density at radius 3 is 1.95 bits per heavy atom. The van der Waals surface area contributed by atoms with E-state index in [9.17, 15) is 19.5 Å². The molecule has 2 saturated heterocycles. The fourth-order valence-corrected chi connectivity index (χ4v) is 6.02. The van der Waals surface area contributed by atoms with Gasteiger partial charge in [0.15, 0.2) is 0 Å². The number of nitrogens with one attached hydrogen (secondary N) is 3. The topological polar surface area (TPSA) is 120 Å². The Morgan fingerprint density at radius 2 is 1.49 bits per heavy atom. The number of carboxylic acids is 1. The number of fused-ring (bicyclic) bond motifs is 1. The summed E-state index contributed by atoms with van der Waals surface area (Å²) in [6.45, 7) is 11.5. The van der Waals surface area contributed by atoms with Crippen molar-refractivity contribution in [2.24, 2.45) is 5.92 Å². The first-order valence-electron chi connectivity index (χ1n) is 13.3. The summed E-state index contributed by atoms with van der Waals surface area (Å²) in [7, 11) is 0. The molecule has 0 aromatic heterocycles. The van der Waals surface area contributed by atoms with Crippen molar-refractivity contribution in [2.75, 3.05) is 19.7 Å². The monoisotopic (exact) mass is 556 g/mol. The molecule has 10 heteroatoms. The largest absolute Gasteiger partial charge is 0.480 e. The van der Waals surface area contributed by atoms with E-state index in [4.69, 9.17) is 4.74 Å². The van der Waals surface area contributed by atoms with Crippen LogP contribution in [0, 0.1) is 5.92 Å². The van der Waals surface area contributed by atoms with Crippen molar-refractivity contribution in [3.05, 3.63) is 71.8 Å². The Hall–Kier alpha value is -3.08. The van der Waals surface area contributed by atoms with Crippen molar-refractivity contribution in [1.82, 2.24) is 20.9 Å². The van der Waals surface area contributed by atoms with Crippen LogP contribution < -0.4 is 16.0 Å². The second kappa shape index (κ2) is 14.3. The summed E-state index contributed by atoms with van der Waals surface area (Å²) >= 11 is 1.39. The van der Waals surface area contributed by atoms with Gasteiger partial charge in [0.2, 0.25) is 5.91 Å². The number of carbonyl (C=O) groups excluding carboxylic acids is 2. The number of hydrogen-bond acceptors (Lipinski definition) is 7. The third-order valence-electron chi connectivity index (χ3n) is 6.32. The van der Waals surface area contributed by atoms with Gasteiger partial charge < -0.3 is 30.7 Å². The number of alkyl carbamates (subject to hydrolysis) is 1. The van der Waals surface area contributed by atoms with Crippen LogP contribution in [0.5, 0.6) is 0 Å². The van der Waals surface area contributed by atoms with Crippen molar-refractivity contribution in [2.45, 2.75) is 63.0 Å². The van der Waals surface area contributed by atoms with Crippen LogP contribution in [-0.4, -0.2) is 69.9 Å². The molecule has 0 saturated carbocycles. The number of carbonyl (C=O) groups is 3. The van der Waals surface area contributed by atoms with Gasteiger partial charge in [0, 0.05) is 30.9 Å². The predicted octanol–water partition coefficient (Wildman–Crippen LogP) is 3.45. The van der Waals surface area contributed by atoms with Crippen LogP contribution in [-0.2, 0) is 27.4 Å². The summed E-state index contributed by atoms with van der Waals surface area (Å²) in [5, 5.41) is 18.3. The third kappa shape index (κ3) is 8.71. The smallest absolute Gasteiger partial charge is 0.407 e. The highest BCUT2D eigenvalue weighted by molar-refractivity contribution is 8.01. The van der Waals surface area contributed by atoms with Gasteiger partial charge >= 0.3 is 12.1 Å². The van der Waals surface area contributed by atoms with E-state index in [0.29, 0.717) is 0 Å². The van der Waals surface area contributed by atoms with Crippen LogP contribution in [0.15, 0.2) is 60.7 Å². The summed E-state index contributed by atoms with van der Waals surface area (Å²) in [4.78, 5) is 36.4. The minimum absolute atomic E-state index is 0.209. The first kappa shape index (κ1) is 30.5. The number of rotatable bonds is 11. The van der Waals surface area contributed by atoms with Crippen molar-refractivity contribution in [3.63, 3.8) is 0 Å². The molecule has 3 atom stereocenters. The van der Waals surface area contributed by atoms with Crippen molar-refractivity contribution >= 4 is 29.7 Å². The quantitative estimate of drug-likeness (QED) is 0.245. The van der Waals surface area contributed by atoms with E-state index in [2.05, 4.69) is 64.5 Å². The van der Waals surface area contributed by atoms with E-state index in [0.717, 1.165) is 26.2 Å². The molecule has 2 fully saturated rings. The highest BCUT2D eigenvalue weighted by Crippen LogP contribution is 2.50. The fraction of sp³-hybridized carbons (Fsp3) is 0.483. The molecule has 2 aromatic rings. The lowest BCUT2D eigenvalue weighted by Gasteiger charge is -2.43. The average molecular weight is 557 g/mol. The molecule has 4 rings (SSSR count). The maximum Gasteiger partial charge on any atom is 0.407 e. The number of benzene rings is 2. The first-order valence-corrected chi connectivity index (χ1v) is 14.1. The Kier molecular flexibility index (Phi) is 11.2. The standard InChI is InChI=1S/C16H20N2.C13H20N2O5S/c1-3-7-15(8-4-1)13-17-11-12-18-14-16-9-5-2-6-10-16;1-6(2)5-20-12(19)14-7-9(16)15-8(11(17)18)13(3,4)21-10(7)15/h1-10,17-18H,11-14H2;6-8,10H,5H2,1-4H3,(H,14,19)(H,17,18). The molecule has 4 N–H and O–H groups in total. The minimum atomic E-state index is -1.02. The van der Waals surface area contributed by atoms with E-state index in [1.54, 1.807) is 13.8 Å². The Bertz CT molecular complexity index is 1040. The summed E-state index contributed by atoms with van der Waals surface area (Å²) in [5.41, 5.74) is 2.67. The molecular formula is C29H40N4O5S. The first-order chi connectivity index (χ1) is 18.6. The number of hydrogen-bond donors (Lipinski definition) is 4. The van der Waals surface area contributed by atoms with Crippen LogP contribution in [0.1, 0.15) is 38.8 Å². The lowest BCUT2D eigenvalue weighted by Crippen LogP contribution is -2.70. The van der Waals surface area contributed by atoms with Gasteiger partial charge in [0.25, 0.3) is 0 Å². The lowest BCUT2D eigenvalue weighted by molar-refractivity contribution is -0.160. The molecule has 212 valence electrons. The molecule has 0 aliphatic carbocycles. The van der Waals surface area contributed by atoms with Crippen molar-refractivity contribution in [1.29, 1.82) is 0 Å². The summed E-state index contributed by atoms with van der Waals surface area (Å²) in [6.07, 6.45) is -0.640. The van der Waals surface area contributed by atoms with Gasteiger partial charge in [-0.1, -0.05) is 74.5 Å². The van der Waals surface area contributed by atoms with Gasteiger partial charge in [-0.3, -0.25) is 4.79 Å². The number of carboxylic acid groups (broad SMARTS) is 1. The SMILES string of the molecule is CC(C)COC(=O)NC1C(=O)N2C1SC(C)(C)C2C(=O)O.c1ccc(CNCCNCc2ccccc2)cc1. The second-order valence-electron chi connectivity index (χ2n) is 10.5. The Balaban J connectivity index is 0.000000218. The highest BCUT2D eigenvalue weighted by Gasteiger charge is 2.64. The Morgan fingerprint density at radius 1 is 0.974 bits per heavy atom. The number of aliphatic carboxylic acids is 1. The number of ether oxygens (including phenoxy) is 1. The molecule has 0 spiro atoms. The normalized spacial score (nSPS) is 20.9. The summed E-state index contributed by atoms with van der Waals surface area (Å²) < 4.78 is 4.39. The molecule has 0 bridgehead atoms. The molecule has 2 aliphatic rings. The van der Waals surface area contributed by atoms with E-state index >= 15 is 0 Å². The van der Waals surface area contributed by atoms with Crippen LogP contribution in [0.2, 0.25) is 0 Å². The second-order valence-corrected chi connectivity index (χ2v) is 12.3. The van der Waals surface area contributed by atoms with Gasteiger partial charge in [0.1, 0.15) is 17.5 Å². The van der Waals surface area contributed by atoms with E-state index in [1.807, 2.05) is 26.0 Å². The lowest BCUT2D eigenvalue weighted by atomic mass is 9.96. The van der Waals surface area contributed by atoms with E-state index in [1.165, 1.54) is 27.8 Å². The zero-order valence-electron chi connectivity index (χ0n) is 23.1. The maximum atomic E-state index is 12.1. The highest BCUT2D eigenvalue weighted by atomic mass is 32.2. The van der Waals surface area contributed by atoms with E-state index in [-0.39, 0.29) is 23.8 Å². The third-order valence-corrected chi connectivity index (χ3v) is 7.89.